The first-order chi connectivity index (χ1) is 9.08. The Hall–Kier alpha value is -2.14. The third-order valence-corrected chi connectivity index (χ3v) is 3.07. The van der Waals surface area contributed by atoms with Crippen molar-refractivity contribution in [2.24, 2.45) is 11.7 Å². The first kappa shape index (κ1) is 13.3. The second-order valence-corrected chi connectivity index (χ2v) is 4.58. The normalized spacial score (nSPS) is 13.8. The summed E-state index contributed by atoms with van der Waals surface area (Å²) < 4.78 is 5.20. The molecule has 1 aromatic heterocycles. The summed E-state index contributed by atoms with van der Waals surface area (Å²) in [7, 11) is 0. The largest absolute Gasteiger partial charge is 0.444 e. The van der Waals surface area contributed by atoms with Gasteiger partial charge in [-0.15, -0.1) is 0 Å². The van der Waals surface area contributed by atoms with Crippen LogP contribution in [0.3, 0.4) is 0 Å². The molecule has 100 valence electrons. The molecule has 0 saturated carbocycles. The SMILES string of the molecule is CC(N)C(C)C(=O)Nc1ccc(-c2cnco2)cc1. The van der Waals surface area contributed by atoms with Crippen LogP contribution in [0.15, 0.2) is 41.3 Å². The standard InChI is InChI=1S/C14H17N3O2/c1-9(10(2)15)14(18)17-12-5-3-11(4-6-12)13-7-16-8-19-13/h3-10H,15H2,1-2H3,(H,17,18). The van der Waals surface area contributed by atoms with Crippen LogP contribution in [0.4, 0.5) is 5.69 Å². The Kier molecular flexibility index (Phi) is 3.97. The molecule has 1 aromatic carbocycles. The molecular weight excluding hydrogens is 242 g/mol. The molecule has 0 aliphatic heterocycles. The van der Waals surface area contributed by atoms with Crippen molar-refractivity contribution in [1.29, 1.82) is 0 Å². The van der Waals surface area contributed by atoms with E-state index in [0.29, 0.717) is 5.76 Å². The van der Waals surface area contributed by atoms with E-state index in [1.807, 2.05) is 38.1 Å². The van der Waals surface area contributed by atoms with E-state index in [9.17, 15) is 4.79 Å². The topological polar surface area (TPSA) is 81.2 Å². The van der Waals surface area contributed by atoms with Gasteiger partial charge in [-0.25, -0.2) is 4.98 Å². The Morgan fingerprint density at radius 1 is 1.32 bits per heavy atom. The fourth-order valence-corrected chi connectivity index (χ4v) is 1.57. The summed E-state index contributed by atoms with van der Waals surface area (Å²) in [5, 5.41) is 2.83. The quantitative estimate of drug-likeness (QED) is 0.882. The van der Waals surface area contributed by atoms with Crippen molar-refractivity contribution < 1.29 is 9.21 Å². The number of carbonyl (C=O) groups excluding carboxylic acids is 1. The van der Waals surface area contributed by atoms with E-state index in [2.05, 4.69) is 10.3 Å². The summed E-state index contributed by atoms with van der Waals surface area (Å²) in [6, 6.07) is 7.21. The van der Waals surface area contributed by atoms with Gasteiger partial charge in [-0.3, -0.25) is 4.79 Å². The summed E-state index contributed by atoms with van der Waals surface area (Å²) in [5.74, 6) is 0.387. The monoisotopic (exact) mass is 259 g/mol. The third-order valence-electron chi connectivity index (χ3n) is 3.07. The van der Waals surface area contributed by atoms with Crippen molar-refractivity contribution in [1.82, 2.24) is 4.98 Å². The molecule has 19 heavy (non-hydrogen) atoms. The van der Waals surface area contributed by atoms with Crippen LogP contribution in [-0.2, 0) is 4.79 Å². The van der Waals surface area contributed by atoms with Gasteiger partial charge in [-0.2, -0.15) is 0 Å². The first-order valence-corrected chi connectivity index (χ1v) is 6.13. The number of carbonyl (C=O) groups is 1. The van der Waals surface area contributed by atoms with Gasteiger partial charge in [0.1, 0.15) is 0 Å². The van der Waals surface area contributed by atoms with Gasteiger partial charge in [0.2, 0.25) is 5.91 Å². The average Bonchev–Trinajstić information content (AvgIpc) is 2.92. The summed E-state index contributed by atoms with van der Waals surface area (Å²) >= 11 is 0. The van der Waals surface area contributed by atoms with Gasteiger partial charge >= 0.3 is 0 Å². The van der Waals surface area contributed by atoms with E-state index in [0.717, 1.165) is 11.3 Å². The van der Waals surface area contributed by atoms with E-state index in [1.54, 1.807) is 6.20 Å². The van der Waals surface area contributed by atoms with Crippen LogP contribution < -0.4 is 11.1 Å². The number of aromatic nitrogens is 1. The summed E-state index contributed by atoms with van der Waals surface area (Å²) in [6.45, 7) is 3.63. The number of hydrogen-bond acceptors (Lipinski definition) is 4. The highest BCUT2D eigenvalue weighted by molar-refractivity contribution is 5.92. The molecule has 2 aromatic rings. The zero-order valence-corrected chi connectivity index (χ0v) is 11.0. The number of oxazole rings is 1. The second kappa shape index (κ2) is 5.67. The van der Waals surface area contributed by atoms with Crippen molar-refractivity contribution in [2.45, 2.75) is 19.9 Å². The molecule has 1 heterocycles. The fraction of sp³-hybridized carbons (Fsp3) is 0.286. The van der Waals surface area contributed by atoms with Crippen LogP contribution in [0.2, 0.25) is 0 Å². The number of nitrogens with zero attached hydrogens (tertiary/aromatic N) is 1. The Morgan fingerprint density at radius 2 is 2.00 bits per heavy atom. The highest BCUT2D eigenvalue weighted by atomic mass is 16.3. The van der Waals surface area contributed by atoms with E-state index in [4.69, 9.17) is 10.2 Å². The Morgan fingerprint density at radius 3 is 2.53 bits per heavy atom. The number of nitrogens with two attached hydrogens (primary N) is 1. The Labute approximate surface area is 111 Å². The predicted molar refractivity (Wildman–Crippen MR) is 73.4 cm³/mol. The summed E-state index contributed by atoms with van der Waals surface area (Å²) in [6.07, 6.45) is 3.03. The second-order valence-electron chi connectivity index (χ2n) is 4.58. The van der Waals surface area contributed by atoms with Gasteiger partial charge in [0.05, 0.1) is 12.1 Å². The predicted octanol–water partition coefficient (Wildman–Crippen LogP) is 2.26. The minimum Gasteiger partial charge on any atom is -0.444 e. The van der Waals surface area contributed by atoms with E-state index in [-0.39, 0.29) is 17.9 Å². The van der Waals surface area contributed by atoms with Gasteiger partial charge in [0.15, 0.2) is 12.2 Å². The molecule has 2 unspecified atom stereocenters. The lowest BCUT2D eigenvalue weighted by Crippen LogP contribution is -2.34. The number of nitrogens with one attached hydrogen (secondary N) is 1. The molecule has 2 rings (SSSR count). The maximum Gasteiger partial charge on any atom is 0.228 e. The van der Waals surface area contributed by atoms with Gasteiger partial charge < -0.3 is 15.5 Å². The number of benzene rings is 1. The molecule has 0 aliphatic rings. The smallest absolute Gasteiger partial charge is 0.228 e. The number of rotatable bonds is 4. The molecule has 5 nitrogen and oxygen atoms in total. The molecule has 0 saturated heterocycles. The van der Waals surface area contributed by atoms with Crippen LogP contribution in [0.25, 0.3) is 11.3 Å². The van der Waals surface area contributed by atoms with Gasteiger partial charge in [0, 0.05) is 17.3 Å². The van der Waals surface area contributed by atoms with Gasteiger partial charge in [0.25, 0.3) is 0 Å². The van der Waals surface area contributed by atoms with Crippen molar-refractivity contribution in [3.8, 4) is 11.3 Å². The molecule has 0 fully saturated rings. The van der Waals surface area contributed by atoms with Crippen LogP contribution >= 0.6 is 0 Å². The first-order valence-electron chi connectivity index (χ1n) is 6.13. The Bertz CT molecular complexity index is 532. The molecular formula is C14H17N3O2. The van der Waals surface area contributed by atoms with Gasteiger partial charge in [-0.05, 0) is 31.2 Å². The van der Waals surface area contributed by atoms with Crippen molar-refractivity contribution in [3.63, 3.8) is 0 Å². The summed E-state index contributed by atoms with van der Waals surface area (Å²) in [4.78, 5) is 15.7. The molecule has 0 bridgehead atoms. The van der Waals surface area contributed by atoms with Crippen molar-refractivity contribution in [3.05, 3.63) is 36.9 Å². The lowest BCUT2D eigenvalue weighted by atomic mass is 10.0. The minimum absolute atomic E-state index is 0.0811. The van der Waals surface area contributed by atoms with Crippen LogP contribution in [0.5, 0.6) is 0 Å². The lowest BCUT2D eigenvalue weighted by molar-refractivity contribution is -0.119. The van der Waals surface area contributed by atoms with Crippen molar-refractivity contribution >= 4 is 11.6 Å². The molecule has 0 radical (unpaired) electrons. The number of hydrogen-bond donors (Lipinski definition) is 2. The van der Waals surface area contributed by atoms with Crippen LogP contribution in [-0.4, -0.2) is 16.9 Å². The van der Waals surface area contributed by atoms with Crippen molar-refractivity contribution in [2.75, 3.05) is 5.32 Å². The van der Waals surface area contributed by atoms with E-state index < -0.39 is 0 Å². The number of amides is 1. The fourth-order valence-electron chi connectivity index (χ4n) is 1.57. The zero-order valence-electron chi connectivity index (χ0n) is 11.0. The number of anilines is 1. The van der Waals surface area contributed by atoms with Gasteiger partial charge in [-0.1, -0.05) is 6.92 Å². The highest BCUT2D eigenvalue weighted by Gasteiger charge is 2.16. The van der Waals surface area contributed by atoms with Crippen LogP contribution in [0, 0.1) is 5.92 Å². The maximum absolute atomic E-state index is 11.8. The third kappa shape index (κ3) is 3.20. The maximum atomic E-state index is 11.8. The minimum atomic E-state index is -0.228. The van der Waals surface area contributed by atoms with E-state index in [1.165, 1.54) is 6.39 Å². The molecule has 0 aliphatic carbocycles. The molecule has 3 N–H and O–H groups in total. The zero-order chi connectivity index (χ0) is 13.8. The summed E-state index contributed by atoms with van der Waals surface area (Å²) in [5.41, 5.74) is 7.35. The highest BCUT2D eigenvalue weighted by Crippen LogP contribution is 2.21. The van der Waals surface area contributed by atoms with E-state index >= 15 is 0 Å². The molecule has 5 heteroatoms. The average molecular weight is 259 g/mol. The van der Waals surface area contributed by atoms with Crippen LogP contribution in [0.1, 0.15) is 13.8 Å². The lowest BCUT2D eigenvalue weighted by Gasteiger charge is -2.15. The molecule has 0 spiro atoms. The molecule has 2 atom stereocenters. The molecule has 1 amide bonds. The Balaban J connectivity index is 2.05.